The number of nitrogens with zero attached hydrogens (tertiary/aromatic N) is 3. The predicted molar refractivity (Wildman–Crippen MR) is 70.1 cm³/mol. The van der Waals surface area contributed by atoms with Gasteiger partial charge in [-0.1, -0.05) is 11.6 Å². The van der Waals surface area contributed by atoms with Crippen molar-refractivity contribution in [1.82, 2.24) is 14.5 Å². The van der Waals surface area contributed by atoms with Crippen molar-refractivity contribution in [3.63, 3.8) is 0 Å². The van der Waals surface area contributed by atoms with Gasteiger partial charge >= 0.3 is 0 Å². The van der Waals surface area contributed by atoms with E-state index in [1.807, 2.05) is 22.6 Å². The number of rotatable bonds is 3. The summed E-state index contributed by atoms with van der Waals surface area (Å²) in [4.78, 5) is 7.84. The van der Waals surface area contributed by atoms with Gasteiger partial charge in [0.2, 0.25) is 0 Å². The number of aliphatic hydroxyl groups is 2. The Morgan fingerprint density at radius 1 is 1.41 bits per heavy atom. The number of imidazole rings is 1. The van der Waals surface area contributed by atoms with Crippen molar-refractivity contribution in [2.75, 3.05) is 13.2 Å². The van der Waals surface area contributed by atoms with Gasteiger partial charge in [-0.15, -0.1) is 0 Å². The van der Waals surface area contributed by atoms with Crippen molar-refractivity contribution in [3.05, 3.63) is 14.8 Å². The van der Waals surface area contributed by atoms with Crippen molar-refractivity contribution >= 4 is 45.4 Å². The van der Waals surface area contributed by atoms with Crippen molar-refractivity contribution in [1.29, 1.82) is 0 Å². The summed E-state index contributed by atoms with van der Waals surface area (Å²) in [5, 5.41) is 28.5. The Kier molecular flexibility index (Phi) is 3.71. The average Bonchev–Trinajstić information content (AvgIpc) is 2.64. The molecule has 0 aromatic carbocycles. The topological polar surface area (TPSA) is 91.4 Å². The van der Waals surface area contributed by atoms with Crippen molar-refractivity contribution in [3.8, 4) is 6.01 Å². The number of aromatic nitrogens is 3. The van der Waals surface area contributed by atoms with Gasteiger partial charge in [0.05, 0.1) is 27.8 Å². The van der Waals surface area contributed by atoms with Crippen LogP contribution in [0.15, 0.2) is 6.20 Å². The fourth-order valence-electron chi connectivity index (χ4n) is 1.56. The lowest BCUT2D eigenvalue weighted by Gasteiger charge is -2.15. The molecular weight excluding hydrogens is 360 g/mol. The first-order valence-corrected chi connectivity index (χ1v) is 6.18. The van der Waals surface area contributed by atoms with Gasteiger partial charge in [0.1, 0.15) is 5.52 Å². The summed E-state index contributed by atoms with van der Waals surface area (Å²) in [6, 6.07) is -0.977. The van der Waals surface area contributed by atoms with Crippen LogP contribution in [0.2, 0.25) is 5.02 Å². The van der Waals surface area contributed by atoms with Gasteiger partial charge in [-0.2, -0.15) is 4.98 Å². The van der Waals surface area contributed by atoms with E-state index in [9.17, 15) is 5.11 Å². The lowest BCUT2D eigenvalue weighted by Crippen LogP contribution is -2.17. The van der Waals surface area contributed by atoms with Crippen LogP contribution in [-0.2, 0) is 0 Å². The first-order valence-electron chi connectivity index (χ1n) is 4.72. The highest BCUT2D eigenvalue weighted by Gasteiger charge is 2.21. The van der Waals surface area contributed by atoms with Crippen LogP contribution in [0.25, 0.3) is 11.2 Å². The number of aromatic hydroxyl groups is 1. The van der Waals surface area contributed by atoms with Gasteiger partial charge in [0.15, 0.2) is 5.65 Å². The molecule has 0 spiro atoms. The Balaban J connectivity index is 2.77. The molecule has 2 rings (SSSR count). The fraction of sp³-hybridized carbons (Fsp3) is 0.333. The molecule has 0 radical (unpaired) electrons. The highest BCUT2D eigenvalue weighted by Crippen LogP contribution is 2.31. The Morgan fingerprint density at radius 2 is 2.06 bits per heavy atom. The van der Waals surface area contributed by atoms with Crippen molar-refractivity contribution in [2.24, 2.45) is 0 Å². The van der Waals surface area contributed by atoms with E-state index in [0.717, 1.165) is 0 Å². The zero-order valence-corrected chi connectivity index (χ0v) is 11.4. The molecule has 0 bridgehead atoms. The lowest BCUT2D eigenvalue weighted by atomic mass is 10.3. The summed E-state index contributed by atoms with van der Waals surface area (Å²) in [5.74, 6) is 0. The maximum atomic E-state index is 9.73. The molecule has 92 valence electrons. The molecule has 2 aromatic heterocycles. The molecule has 0 saturated heterocycles. The van der Waals surface area contributed by atoms with Gasteiger partial charge in [-0.25, -0.2) is 4.98 Å². The molecule has 3 N–H and O–H groups in total. The van der Waals surface area contributed by atoms with E-state index in [4.69, 9.17) is 21.8 Å². The second-order valence-electron chi connectivity index (χ2n) is 3.39. The molecule has 0 fully saturated rings. The van der Waals surface area contributed by atoms with Gasteiger partial charge < -0.3 is 15.3 Å². The first kappa shape index (κ1) is 12.8. The third-order valence-corrected chi connectivity index (χ3v) is 4.08. The Morgan fingerprint density at radius 3 is 2.65 bits per heavy atom. The third kappa shape index (κ3) is 2.07. The normalized spacial score (nSPS) is 11.6. The summed E-state index contributed by atoms with van der Waals surface area (Å²) < 4.78 is 1.99. The molecule has 6 nitrogen and oxygen atoms in total. The van der Waals surface area contributed by atoms with Crippen LogP contribution in [0.1, 0.15) is 6.04 Å². The molecule has 0 unspecified atom stereocenters. The van der Waals surface area contributed by atoms with Gasteiger partial charge in [-0.05, 0) is 22.6 Å². The molecular formula is C9H9ClIN3O3. The molecule has 17 heavy (non-hydrogen) atoms. The quantitative estimate of drug-likeness (QED) is 0.700. The van der Waals surface area contributed by atoms with E-state index in [0.29, 0.717) is 19.8 Å². The Hall–Kier alpha value is -0.640. The third-order valence-electron chi connectivity index (χ3n) is 2.38. The summed E-state index contributed by atoms with van der Waals surface area (Å²) in [7, 11) is 0. The van der Waals surface area contributed by atoms with Crippen LogP contribution < -0.4 is 0 Å². The van der Waals surface area contributed by atoms with Gasteiger partial charge in [0, 0.05) is 6.20 Å². The largest absolute Gasteiger partial charge is 0.480 e. The number of aliphatic hydroxyl groups excluding tert-OH is 2. The maximum Gasteiger partial charge on any atom is 0.296 e. The van der Waals surface area contributed by atoms with E-state index in [1.165, 1.54) is 10.8 Å². The highest BCUT2D eigenvalue weighted by atomic mass is 127. The minimum Gasteiger partial charge on any atom is -0.480 e. The average molecular weight is 370 g/mol. The SMILES string of the molecule is OCC(CO)n1c(O)nc2ncc(Cl)c(I)c21. The zero-order chi connectivity index (χ0) is 12.6. The monoisotopic (exact) mass is 369 g/mol. The fourth-order valence-corrected chi connectivity index (χ4v) is 2.34. The van der Waals surface area contributed by atoms with E-state index in [1.54, 1.807) is 0 Å². The van der Waals surface area contributed by atoms with Crippen LogP contribution in [0.5, 0.6) is 6.01 Å². The highest BCUT2D eigenvalue weighted by molar-refractivity contribution is 14.1. The molecule has 0 aliphatic rings. The summed E-state index contributed by atoms with van der Waals surface area (Å²) in [6.07, 6.45) is 1.44. The number of hydrogen-bond donors (Lipinski definition) is 3. The predicted octanol–water partition coefficient (Wildman–Crippen LogP) is 0.921. The van der Waals surface area contributed by atoms with E-state index >= 15 is 0 Å². The Labute approximate surface area is 115 Å². The van der Waals surface area contributed by atoms with E-state index in [2.05, 4.69) is 9.97 Å². The number of halogens is 2. The Bertz CT molecular complexity index is 556. The molecule has 0 aliphatic heterocycles. The smallest absolute Gasteiger partial charge is 0.296 e. The number of hydrogen-bond acceptors (Lipinski definition) is 5. The van der Waals surface area contributed by atoms with Gasteiger partial charge in [0.25, 0.3) is 6.01 Å². The minimum atomic E-state index is -0.672. The molecule has 2 aromatic rings. The van der Waals surface area contributed by atoms with Crippen molar-refractivity contribution in [2.45, 2.75) is 6.04 Å². The maximum absolute atomic E-state index is 9.73. The second kappa shape index (κ2) is 4.92. The molecule has 0 saturated carbocycles. The van der Waals surface area contributed by atoms with Crippen LogP contribution in [0.4, 0.5) is 0 Å². The van der Waals surface area contributed by atoms with Crippen LogP contribution >= 0.6 is 34.2 Å². The van der Waals surface area contributed by atoms with Crippen LogP contribution in [0, 0.1) is 3.57 Å². The first-order chi connectivity index (χ1) is 8.10. The van der Waals surface area contributed by atoms with Crippen molar-refractivity contribution < 1.29 is 15.3 Å². The van der Waals surface area contributed by atoms with E-state index in [-0.39, 0.29) is 19.2 Å². The van der Waals surface area contributed by atoms with Crippen LogP contribution in [-0.4, -0.2) is 43.1 Å². The summed E-state index contributed by atoms with van der Waals surface area (Å²) >= 11 is 7.94. The molecule has 0 atom stereocenters. The minimum absolute atomic E-state index is 0.305. The lowest BCUT2D eigenvalue weighted by molar-refractivity contribution is 0.149. The van der Waals surface area contributed by atoms with Crippen LogP contribution in [0.3, 0.4) is 0 Å². The second-order valence-corrected chi connectivity index (χ2v) is 4.88. The van der Waals surface area contributed by atoms with Gasteiger partial charge in [-0.3, -0.25) is 4.57 Å². The summed E-state index contributed by atoms with van der Waals surface area (Å²) in [5.41, 5.74) is 0.826. The molecule has 8 heteroatoms. The molecule has 0 aliphatic carbocycles. The molecule has 0 amide bonds. The van der Waals surface area contributed by atoms with E-state index < -0.39 is 6.04 Å². The number of fused-ring (bicyclic) bond motifs is 1. The summed E-state index contributed by atoms with van der Waals surface area (Å²) in [6.45, 7) is -0.643. The number of pyridine rings is 1. The molecule has 2 heterocycles. The zero-order valence-electron chi connectivity index (χ0n) is 8.51. The standard InChI is InChI=1S/C9H9ClIN3O3/c10-5-1-12-8-7(6(5)11)14(9(17)13-8)4(2-15)3-16/h1,4,15-16H,2-3H2,(H,12,13,17).